The smallest absolute Gasteiger partial charge is 0.407 e. The van der Waals surface area contributed by atoms with E-state index in [1.54, 1.807) is 17.4 Å². The zero-order chi connectivity index (χ0) is 27.9. The Morgan fingerprint density at radius 3 is 2.65 bits per heavy atom. The summed E-state index contributed by atoms with van der Waals surface area (Å²) in [5.41, 5.74) is 2.45. The fourth-order valence-electron chi connectivity index (χ4n) is 5.45. The minimum Gasteiger partial charge on any atom is -0.447 e. The Labute approximate surface area is 239 Å². The van der Waals surface area contributed by atoms with Gasteiger partial charge in [0, 0.05) is 42.0 Å². The van der Waals surface area contributed by atoms with Gasteiger partial charge in [-0.2, -0.15) is 5.10 Å². The van der Waals surface area contributed by atoms with Crippen LogP contribution in [0, 0.1) is 0 Å². The minimum atomic E-state index is -3.45. The Morgan fingerprint density at radius 2 is 1.93 bits per heavy atom. The van der Waals surface area contributed by atoms with E-state index in [2.05, 4.69) is 27.9 Å². The number of benzene rings is 1. The number of amides is 1. The van der Waals surface area contributed by atoms with Crippen molar-refractivity contribution in [3.8, 4) is 10.4 Å². The highest BCUT2D eigenvalue weighted by Crippen LogP contribution is 2.43. The van der Waals surface area contributed by atoms with E-state index in [1.165, 1.54) is 0 Å². The van der Waals surface area contributed by atoms with Crippen LogP contribution in [0.3, 0.4) is 0 Å². The molecule has 3 aromatic rings. The molecule has 11 heteroatoms. The molecule has 0 saturated heterocycles. The van der Waals surface area contributed by atoms with E-state index in [4.69, 9.17) is 9.72 Å². The second-order valence-electron chi connectivity index (χ2n) is 11.2. The average Bonchev–Trinajstić information content (AvgIpc) is 3.54. The number of rotatable bonds is 8. The van der Waals surface area contributed by atoms with Crippen LogP contribution in [0.15, 0.2) is 41.4 Å². The molecule has 0 spiro atoms. The van der Waals surface area contributed by atoms with Crippen molar-refractivity contribution in [1.29, 1.82) is 0 Å². The predicted molar refractivity (Wildman–Crippen MR) is 157 cm³/mol. The van der Waals surface area contributed by atoms with Crippen LogP contribution in [-0.2, 0) is 21.1 Å². The number of carbonyl (C=O) groups excluding carboxylic acids is 1. The number of nitrogens with one attached hydrogen (secondary N) is 2. The number of hydrogen-bond donors (Lipinski definition) is 2. The van der Waals surface area contributed by atoms with E-state index >= 15 is 0 Å². The number of hydrogen-bond acceptors (Lipinski definition) is 8. The number of carbonyl (C=O) groups is 1. The maximum Gasteiger partial charge on any atom is 0.407 e. The summed E-state index contributed by atoms with van der Waals surface area (Å²) in [7, 11) is -3.45. The van der Waals surface area contributed by atoms with Gasteiger partial charge < -0.3 is 15.4 Å². The number of ether oxygens (including phenoxy) is 1. The molecule has 212 valence electrons. The van der Waals surface area contributed by atoms with Crippen LogP contribution in [0.25, 0.3) is 16.5 Å². The van der Waals surface area contributed by atoms with Crippen molar-refractivity contribution in [2.75, 3.05) is 5.32 Å². The zero-order valence-electron chi connectivity index (χ0n) is 22.8. The van der Waals surface area contributed by atoms with Crippen molar-refractivity contribution in [2.24, 2.45) is 0 Å². The summed E-state index contributed by atoms with van der Waals surface area (Å²) < 4.78 is 34.2. The summed E-state index contributed by atoms with van der Waals surface area (Å²) in [6.07, 6.45) is 11.4. The Kier molecular flexibility index (Phi) is 7.43. The number of nitrogens with zero attached hydrogens (tertiary/aromatic N) is 3. The third-order valence-corrected chi connectivity index (χ3v) is 11.2. The summed E-state index contributed by atoms with van der Waals surface area (Å²) in [6.45, 7) is 4.52. The van der Waals surface area contributed by atoms with Crippen molar-refractivity contribution < 1.29 is 17.9 Å². The van der Waals surface area contributed by atoms with Gasteiger partial charge in [0.05, 0.1) is 31.8 Å². The Morgan fingerprint density at radius 1 is 1.12 bits per heavy atom. The Hall–Kier alpha value is -3.18. The van der Waals surface area contributed by atoms with Gasteiger partial charge in [0.2, 0.25) is 0 Å². The lowest BCUT2D eigenvalue weighted by atomic mass is 9.86. The first kappa shape index (κ1) is 27.0. The summed E-state index contributed by atoms with van der Waals surface area (Å²) in [5, 5.41) is 11.6. The van der Waals surface area contributed by atoms with Gasteiger partial charge in [-0.3, -0.25) is 4.68 Å². The lowest BCUT2D eigenvalue weighted by Crippen LogP contribution is -2.38. The molecule has 1 aromatic carbocycles. The molecule has 3 heterocycles. The summed E-state index contributed by atoms with van der Waals surface area (Å²) >= 11 is 1.58. The van der Waals surface area contributed by atoms with Gasteiger partial charge in [0.25, 0.3) is 0 Å². The van der Waals surface area contributed by atoms with Crippen LogP contribution in [0.4, 0.5) is 16.3 Å². The number of fused-ring (bicyclic) bond motifs is 1. The number of anilines is 2. The highest BCUT2D eigenvalue weighted by Gasteiger charge is 2.39. The second kappa shape index (κ2) is 11.0. The Bertz CT molecular complexity index is 1530. The van der Waals surface area contributed by atoms with E-state index in [9.17, 15) is 13.2 Å². The molecular weight excluding hydrogens is 546 g/mol. The lowest BCUT2D eigenvalue weighted by Gasteiger charge is -2.28. The molecule has 40 heavy (non-hydrogen) atoms. The topological polar surface area (TPSA) is 115 Å². The van der Waals surface area contributed by atoms with Crippen LogP contribution in [-0.4, -0.2) is 46.7 Å². The van der Waals surface area contributed by atoms with Gasteiger partial charge in [-0.15, -0.1) is 11.3 Å². The maximum atomic E-state index is 13.5. The normalized spacial score (nSPS) is 20.8. The summed E-state index contributed by atoms with van der Waals surface area (Å²) in [6, 6.07) is 7.65. The molecule has 2 saturated carbocycles. The third kappa shape index (κ3) is 5.81. The SMILES string of the molecule is CC(C)OC(=O)N[C@H]1CC[C@H](c2ncc(-c3ccc(Nc4cc5n(n4)CCC=C5)cc3S(=O)(=O)C3CC3)s2)CC1. The molecule has 0 unspecified atom stereocenters. The molecule has 2 N–H and O–H groups in total. The number of allylic oxidation sites excluding steroid dienone is 1. The van der Waals surface area contributed by atoms with Gasteiger partial charge in [-0.05, 0) is 77.0 Å². The van der Waals surface area contributed by atoms with Crippen LogP contribution in [0.1, 0.15) is 75.4 Å². The van der Waals surface area contributed by atoms with Gasteiger partial charge in [0.15, 0.2) is 15.7 Å². The minimum absolute atomic E-state index is 0.106. The van der Waals surface area contributed by atoms with Gasteiger partial charge in [-0.25, -0.2) is 18.2 Å². The molecule has 1 amide bonds. The van der Waals surface area contributed by atoms with Gasteiger partial charge >= 0.3 is 6.09 Å². The molecule has 1 aliphatic heterocycles. The van der Waals surface area contributed by atoms with Crippen LogP contribution in [0.2, 0.25) is 0 Å². The fraction of sp³-hybridized carbons (Fsp3) is 0.483. The molecule has 3 aliphatic rings. The third-order valence-electron chi connectivity index (χ3n) is 7.66. The first-order chi connectivity index (χ1) is 19.3. The van der Waals surface area contributed by atoms with Crippen LogP contribution < -0.4 is 10.6 Å². The Balaban J connectivity index is 1.20. The fourth-order valence-corrected chi connectivity index (χ4v) is 8.53. The molecule has 0 atom stereocenters. The van der Waals surface area contributed by atoms with Crippen molar-refractivity contribution in [1.82, 2.24) is 20.1 Å². The molecule has 0 bridgehead atoms. The first-order valence-corrected chi connectivity index (χ1v) is 16.4. The number of sulfone groups is 1. The van der Waals surface area contributed by atoms with Crippen molar-refractivity contribution in [3.05, 3.63) is 47.2 Å². The van der Waals surface area contributed by atoms with Crippen molar-refractivity contribution in [2.45, 2.75) is 93.5 Å². The lowest BCUT2D eigenvalue weighted by molar-refractivity contribution is 0.109. The van der Waals surface area contributed by atoms with E-state index in [0.29, 0.717) is 40.7 Å². The average molecular weight is 582 g/mol. The van der Waals surface area contributed by atoms with Gasteiger partial charge in [0.1, 0.15) is 0 Å². The quantitative estimate of drug-likeness (QED) is 0.322. The van der Waals surface area contributed by atoms with E-state index in [1.807, 2.05) is 42.9 Å². The molecule has 2 fully saturated rings. The van der Waals surface area contributed by atoms with E-state index < -0.39 is 9.84 Å². The number of thiazole rings is 1. The highest BCUT2D eigenvalue weighted by atomic mass is 32.2. The molecule has 2 aromatic heterocycles. The maximum absolute atomic E-state index is 13.5. The van der Waals surface area contributed by atoms with Crippen molar-refractivity contribution in [3.63, 3.8) is 0 Å². The predicted octanol–water partition coefficient (Wildman–Crippen LogP) is 6.26. The summed E-state index contributed by atoms with van der Waals surface area (Å²) in [4.78, 5) is 17.9. The molecule has 6 rings (SSSR count). The largest absolute Gasteiger partial charge is 0.447 e. The number of aryl methyl sites for hydroxylation is 1. The number of alkyl carbamates (subject to hydrolysis) is 1. The van der Waals surface area contributed by atoms with Gasteiger partial charge in [-0.1, -0.05) is 12.1 Å². The monoisotopic (exact) mass is 581 g/mol. The van der Waals surface area contributed by atoms with Crippen molar-refractivity contribution >= 4 is 44.8 Å². The molecular formula is C29H35N5O4S2. The molecule has 9 nitrogen and oxygen atoms in total. The van der Waals surface area contributed by atoms with Crippen LogP contribution >= 0.6 is 11.3 Å². The second-order valence-corrected chi connectivity index (χ2v) is 14.4. The van der Waals surface area contributed by atoms with E-state index in [0.717, 1.165) is 54.2 Å². The van der Waals surface area contributed by atoms with Crippen LogP contribution in [0.5, 0.6) is 0 Å². The molecule has 2 aliphatic carbocycles. The summed E-state index contributed by atoms with van der Waals surface area (Å²) in [5.74, 6) is 0.995. The standard InChI is InChI=1S/C29H35N5O4S2/c1-18(2)38-29(35)32-20-8-6-19(7-9-20)28-30-17-25(39-28)24-13-10-21(15-26(24)40(36,37)23-11-12-23)31-27-16-22-5-3-4-14-34(22)33-27/h3,5,10,13,15-20,23H,4,6-9,11-12,14H2,1-2H3,(H,31,33)(H,32,35)/t19-,20-. The zero-order valence-corrected chi connectivity index (χ0v) is 24.4. The molecule has 0 radical (unpaired) electrons. The number of aromatic nitrogens is 3. The first-order valence-electron chi connectivity index (χ1n) is 14.1. The highest BCUT2D eigenvalue weighted by molar-refractivity contribution is 7.92. The van der Waals surface area contributed by atoms with E-state index in [-0.39, 0.29) is 23.5 Å².